The number of nitrogens with zero attached hydrogens (tertiary/aromatic N) is 2. The highest BCUT2D eigenvalue weighted by Crippen LogP contribution is 2.27. The van der Waals surface area contributed by atoms with Gasteiger partial charge in [-0.05, 0) is 63.6 Å². The van der Waals surface area contributed by atoms with Crippen molar-refractivity contribution in [3.63, 3.8) is 0 Å². The number of aromatic nitrogens is 3. The van der Waals surface area contributed by atoms with E-state index < -0.39 is 0 Å². The lowest BCUT2D eigenvalue weighted by Crippen LogP contribution is -2.40. The first-order chi connectivity index (χ1) is 13.8. The van der Waals surface area contributed by atoms with E-state index in [2.05, 4.69) is 25.8 Å². The summed E-state index contributed by atoms with van der Waals surface area (Å²) >= 11 is 0. The molecule has 0 aliphatic rings. The van der Waals surface area contributed by atoms with Gasteiger partial charge in [0.25, 0.3) is 11.8 Å². The lowest BCUT2D eigenvalue weighted by atomic mass is 10.1. The van der Waals surface area contributed by atoms with Crippen LogP contribution >= 0.6 is 0 Å². The Morgan fingerprint density at radius 1 is 0.966 bits per heavy atom. The molecule has 2 amide bonds. The van der Waals surface area contributed by atoms with Crippen LogP contribution in [0.5, 0.6) is 0 Å². The standard InChI is InChI=1S/C22H25N5O2/c1-5-17-18(14-10-12-23-13-11-14)26-27-19(17)24-20(28)15-6-8-16(9-7-15)21(29)25-22(2,3)4/h6-13H,5H2,1-4H3,(H,25,29)(H2,24,26,27,28). The molecule has 0 saturated carbocycles. The van der Waals surface area contributed by atoms with Gasteiger partial charge in [-0.2, -0.15) is 5.10 Å². The molecule has 0 radical (unpaired) electrons. The Labute approximate surface area is 170 Å². The van der Waals surface area contributed by atoms with Crippen molar-refractivity contribution in [2.24, 2.45) is 0 Å². The number of pyridine rings is 1. The average molecular weight is 391 g/mol. The van der Waals surface area contributed by atoms with Gasteiger partial charge >= 0.3 is 0 Å². The zero-order valence-corrected chi connectivity index (χ0v) is 17.0. The number of H-pyrrole nitrogens is 1. The fraction of sp³-hybridized carbons (Fsp3) is 0.273. The number of hydrogen-bond acceptors (Lipinski definition) is 4. The summed E-state index contributed by atoms with van der Waals surface area (Å²) in [5, 5.41) is 13.0. The predicted octanol–water partition coefficient (Wildman–Crippen LogP) is 3.81. The third-order valence-electron chi connectivity index (χ3n) is 4.32. The average Bonchev–Trinajstić information content (AvgIpc) is 3.10. The topological polar surface area (TPSA) is 99.8 Å². The number of nitrogens with one attached hydrogen (secondary N) is 3. The molecule has 7 heteroatoms. The third kappa shape index (κ3) is 4.87. The predicted molar refractivity (Wildman–Crippen MR) is 113 cm³/mol. The van der Waals surface area contributed by atoms with Crippen molar-refractivity contribution in [2.75, 3.05) is 5.32 Å². The molecule has 1 aromatic carbocycles. The summed E-state index contributed by atoms with van der Waals surface area (Å²) < 4.78 is 0. The zero-order chi connectivity index (χ0) is 21.0. The van der Waals surface area contributed by atoms with Crippen LogP contribution in [0.15, 0.2) is 48.8 Å². The van der Waals surface area contributed by atoms with E-state index in [4.69, 9.17) is 0 Å². The Balaban J connectivity index is 1.76. The third-order valence-corrected chi connectivity index (χ3v) is 4.32. The second-order valence-electron chi connectivity index (χ2n) is 7.75. The van der Waals surface area contributed by atoms with Gasteiger partial charge in [0.15, 0.2) is 5.82 Å². The normalized spacial score (nSPS) is 11.2. The summed E-state index contributed by atoms with van der Waals surface area (Å²) in [6.45, 7) is 7.76. The first kappa shape index (κ1) is 20.3. The number of carbonyl (C=O) groups excluding carboxylic acids is 2. The monoisotopic (exact) mass is 391 g/mol. The lowest BCUT2D eigenvalue weighted by Gasteiger charge is -2.20. The van der Waals surface area contributed by atoms with E-state index in [0.29, 0.717) is 23.4 Å². The van der Waals surface area contributed by atoms with Crippen molar-refractivity contribution >= 4 is 17.6 Å². The van der Waals surface area contributed by atoms with E-state index in [1.165, 1.54) is 0 Å². The van der Waals surface area contributed by atoms with Crippen molar-refractivity contribution in [2.45, 2.75) is 39.7 Å². The molecular formula is C22H25N5O2. The molecule has 2 heterocycles. The molecule has 0 aliphatic carbocycles. The van der Waals surface area contributed by atoms with Crippen molar-refractivity contribution < 1.29 is 9.59 Å². The molecule has 0 bridgehead atoms. The SMILES string of the molecule is CCc1c(NC(=O)c2ccc(C(=O)NC(C)(C)C)cc2)n[nH]c1-c1ccncc1. The summed E-state index contributed by atoms with van der Waals surface area (Å²) in [5.41, 5.74) is 3.37. The van der Waals surface area contributed by atoms with E-state index in [1.807, 2.05) is 39.8 Å². The number of carbonyl (C=O) groups is 2. The zero-order valence-electron chi connectivity index (χ0n) is 17.0. The van der Waals surface area contributed by atoms with Crippen molar-refractivity contribution in [3.05, 3.63) is 65.5 Å². The Bertz CT molecular complexity index is 1000. The van der Waals surface area contributed by atoms with Gasteiger partial charge in [0, 0.05) is 40.2 Å². The largest absolute Gasteiger partial charge is 0.347 e. The van der Waals surface area contributed by atoms with Crippen LogP contribution in [0.1, 0.15) is 54.0 Å². The summed E-state index contributed by atoms with van der Waals surface area (Å²) in [6.07, 6.45) is 4.13. The molecular weight excluding hydrogens is 366 g/mol. The maximum absolute atomic E-state index is 12.7. The van der Waals surface area contributed by atoms with Crippen LogP contribution in [0.4, 0.5) is 5.82 Å². The fourth-order valence-corrected chi connectivity index (χ4v) is 2.94. The molecule has 150 valence electrons. The highest BCUT2D eigenvalue weighted by molar-refractivity contribution is 6.05. The minimum absolute atomic E-state index is 0.174. The van der Waals surface area contributed by atoms with Crippen LogP contribution in [-0.4, -0.2) is 32.5 Å². The first-order valence-corrected chi connectivity index (χ1v) is 9.50. The number of hydrogen-bond donors (Lipinski definition) is 3. The van der Waals surface area contributed by atoms with Crippen LogP contribution in [0.25, 0.3) is 11.3 Å². The fourth-order valence-electron chi connectivity index (χ4n) is 2.94. The number of aromatic amines is 1. The quantitative estimate of drug-likeness (QED) is 0.616. The van der Waals surface area contributed by atoms with Crippen molar-refractivity contribution in [3.8, 4) is 11.3 Å². The Morgan fingerprint density at radius 3 is 2.10 bits per heavy atom. The van der Waals surface area contributed by atoms with Crippen molar-refractivity contribution in [1.82, 2.24) is 20.5 Å². The Hall–Kier alpha value is -3.48. The van der Waals surface area contributed by atoms with E-state index in [0.717, 1.165) is 16.8 Å². The smallest absolute Gasteiger partial charge is 0.256 e. The molecule has 29 heavy (non-hydrogen) atoms. The number of rotatable bonds is 5. The van der Waals surface area contributed by atoms with Gasteiger partial charge in [-0.3, -0.25) is 19.7 Å². The Morgan fingerprint density at radius 2 is 1.55 bits per heavy atom. The van der Waals surface area contributed by atoms with Gasteiger partial charge in [0.05, 0.1) is 5.69 Å². The number of anilines is 1. The molecule has 0 fully saturated rings. The highest BCUT2D eigenvalue weighted by Gasteiger charge is 2.18. The summed E-state index contributed by atoms with van der Waals surface area (Å²) in [7, 11) is 0. The van der Waals surface area contributed by atoms with E-state index in [-0.39, 0.29) is 17.4 Å². The molecule has 0 atom stereocenters. The van der Waals surface area contributed by atoms with Gasteiger partial charge in [-0.1, -0.05) is 6.92 Å². The van der Waals surface area contributed by atoms with Crippen LogP contribution in [0.3, 0.4) is 0 Å². The maximum Gasteiger partial charge on any atom is 0.256 e. The molecule has 3 N–H and O–H groups in total. The lowest BCUT2D eigenvalue weighted by molar-refractivity contribution is 0.0918. The second-order valence-corrected chi connectivity index (χ2v) is 7.75. The number of amides is 2. The van der Waals surface area contributed by atoms with Gasteiger partial charge in [-0.15, -0.1) is 0 Å². The minimum Gasteiger partial charge on any atom is -0.347 e. The van der Waals surface area contributed by atoms with E-state index in [9.17, 15) is 9.59 Å². The second kappa shape index (κ2) is 8.26. The molecule has 0 spiro atoms. The van der Waals surface area contributed by atoms with Gasteiger partial charge in [0.2, 0.25) is 0 Å². The van der Waals surface area contributed by atoms with Gasteiger partial charge in [0.1, 0.15) is 0 Å². The summed E-state index contributed by atoms with van der Waals surface area (Å²) in [6, 6.07) is 10.3. The molecule has 3 aromatic rings. The van der Waals surface area contributed by atoms with Crippen LogP contribution < -0.4 is 10.6 Å². The van der Waals surface area contributed by atoms with Gasteiger partial charge in [-0.25, -0.2) is 0 Å². The minimum atomic E-state index is -0.323. The van der Waals surface area contributed by atoms with Crippen LogP contribution in [0, 0.1) is 0 Å². The molecule has 2 aromatic heterocycles. The molecule has 3 rings (SSSR count). The van der Waals surface area contributed by atoms with Crippen LogP contribution in [-0.2, 0) is 6.42 Å². The van der Waals surface area contributed by atoms with Crippen molar-refractivity contribution in [1.29, 1.82) is 0 Å². The first-order valence-electron chi connectivity index (χ1n) is 9.50. The van der Waals surface area contributed by atoms with Crippen LogP contribution in [0.2, 0.25) is 0 Å². The summed E-state index contributed by atoms with van der Waals surface area (Å²) in [5.74, 6) is 0.0427. The molecule has 7 nitrogen and oxygen atoms in total. The van der Waals surface area contributed by atoms with E-state index >= 15 is 0 Å². The highest BCUT2D eigenvalue weighted by atomic mass is 16.2. The Kier molecular flexibility index (Phi) is 5.77. The summed E-state index contributed by atoms with van der Waals surface area (Å²) in [4.78, 5) is 28.9. The maximum atomic E-state index is 12.7. The van der Waals surface area contributed by atoms with Gasteiger partial charge < -0.3 is 10.6 Å². The molecule has 0 saturated heterocycles. The molecule has 0 aliphatic heterocycles. The number of benzene rings is 1. The molecule has 0 unspecified atom stereocenters. The van der Waals surface area contributed by atoms with E-state index in [1.54, 1.807) is 36.7 Å².